The molecule has 116 valence electrons. The molecule has 0 bridgehead atoms. The maximum atomic E-state index is 3.26. The summed E-state index contributed by atoms with van der Waals surface area (Å²) >= 11 is 0. The Labute approximate surface area is 125 Å². The van der Waals surface area contributed by atoms with Crippen molar-refractivity contribution >= 4 is 9.24 Å². The second-order valence-electron chi connectivity index (χ2n) is 6.44. The van der Waals surface area contributed by atoms with Gasteiger partial charge in [0.25, 0.3) is 0 Å². The SMILES string of the molecule is CCCCCCCC(P)(CCCCC)CCCCC. The van der Waals surface area contributed by atoms with Gasteiger partial charge in [0.15, 0.2) is 0 Å². The van der Waals surface area contributed by atoms with Gasteiger partial charge in [-0.15, -0.1) is 9.24 Å². The zero-order valence-corrected chi connectivity index (χ0v) is 15.1. The van der Waals surface area contributed by atoms with Crippen LogP contribution in [0.1, 0.15) is 111 Å². The van der Waals surface area contributed by atoms with Crippen molar-refractivity contribution < 1.29 is 0 Å². The molecule has 0 fully saturated rings. The van der Waals surface area contributed by atoms with Crippen molar-refractivity contribution in [3.63, 3.8) is 0 Å². The maximum Gasteiger partial charge on any atom is -0.0150 e. The average molecular weight is 286 g/mol. The largest absolute Gasteiger partial charge is 0.131 e. The van der Waals surface area contributed by atoms with Crippen molar-refractivity contribution in [1.82, 2.24) is 0 Å². The first kappa shape index (κ1) is 19.4. The number of hydrogen-bond donors (Lipinski definition) is 0. The Bertz CT molecular complexity index is 167. The van der Waals surface area contributed by atoms with E-state index in [2.05, 4.69) is 30.0 Å². The van der Waals surface area contributed by atoms with Gasteiger partial charge in [-0.1, -0.05) is 91.4 Å². The summed E-state index contributed by atoms with van der Waals surface area (Å²) in [6.07, 6.45) is 19.8. The monoisotopic (exact) mass is 286 g/mol. The van der Waals surface area contributed by atoms with E-state index < -0.39 is 0 Å². The predicted octanol–water partition coefficient (Wildman–Crippen LogP) is 7.12. The highest BCUT2D eigenvalue weighted by Crippen LogP contribution is 2.36. The Hall–Kier alpha value is 0.430. The smallest absolute Gasteiger partial charge is 0.0150 e. The second kappa shape index (κ2) is 13.4. The molecule has 19 heavy (non-hydrogen) atoms. The van der Waals surface area contributed by atoms with Gasteiger partial charge in [-0.3, -0.25) is 0 Å². The third kappa shape index (κ3) is 11.9. The Balaban J connectivity index is 3.92. The van der Waals surface area contributed by atoms with Gasteiger partial charge in [-0.25, -0.2) is 0 Å². The van der Waals surface area contributed by atoms with Crippen molar-refractivity contribution in [1.29, 1.82) is 0 Å². The van der Waals surface area contributed by atoms with Crippen LogP contribution in [0.4, 0.5) is 0 Å². The van der Waals surface area contributed by atoms with E-state index in [1.807, 2.05) is 0 Å². The van der Waals surface area contributed by atoms with Crippen molar-refractivity contribution in [3.8, 4) is 0 Å². The van der Waals surface area contributed by atoms with Crippen LogP contribution < -0.4 is 0 Å². The first-order valence-electron chi connectivity index (χ1n) is 8.97. The van der Waals surface area contributed by atoms with Crippen LogP contribution in [-0.4, -0.2) is 5.16 Å². The maximum absolute atomic E-state index is 3.26. The fourth-order valence-electron chi connectivity index (χ4n) is 2.91. The summed E-state index contributed by atoms with van der Waals surface area (Å²) in [5.74, 6) is 0. The van der Waals surface area contributed by atoms with E-state index in [0.29, 0.717) is 5.16 Å². The average Bonchev–Trinajstić information content (AvgIpc) is 2.39. The van der Waals surface area contributed by atoms with Gasteiger partial charge in [-0.05, 0) is 24.4 Å². The Kier molecular flexibility index (Phi) is 13.7. The topological polar surface area (TPSA) is 0 Å². The van der Waals surface area contributed by atoms with E-state index in [1.54, 1.807) is 0 Å². The molecule has 0 aliphatic rings. The van der Waals surface area contributed by atoms with Crippen molar-refractivity contribution in [2.24, 2.45) is 0 Å². The molecule has 0 rings (SSSR count). The molecule has 0 heterocycles. The Morgan fingerprint density at radius 3 is 1.26 bits per heavy atom. The molecule has 1 heteroatoms. The Morgan fingerprint density at radius 2 is 0.842 bits per heavy atom. The molecular weight excluding hydrogens is 247 g/mol. The molecule has 0 aromatic heterocycles. The highest BCUT2D eigenvalue weighted by Gasteiger charge is 2.22. The van der Waals surface area contributed by atoms with Crippen LogP contribution in [0, 0.1) is 0 Å². The van der Waals surface area contributed by atoms with E-state index in [-0.39, 0.29) is 0 Å². The van der Waals surface area contributed by atoms with Crippen LogP contribution in [0.5, 0.6) is 0 Å². The second-order valence-corrected chi connectivity index (χ2v) is 7.67. The molecule has 0 aliphatic heterocycles. The molecule has 0 saturated carbocycles. The third-order valence-electron chi connectivity index (χ3n) is 4.33. The van der Waals surface area contributed by atoms with Crippen LogP contribution in [0.25, 0.3) is 0 Å². The normalized spacial score (nSPS) is 12.0. The molecule has 0 nitrogen and oxygen atoms in total. The fraction of sp³-hybridized carbons (Fsp3) is 1.00. The van der Waals surface area contributed by atoms with Crippen molar-refractivity contribution in [3.05, 3.63) is 0 Å². The third-order valence-corrected chi connectivity index (χ3v) is 5.20. The molecule has 0 saturated heterocycles. The molecule has 1 unspecified atom stereocenters. The summed E-state index contributed by atoms with van der Waals surface area (Å²) in [5.41, 5.74) is 0. The first-order valence-corrected chi connectivity index (χ1v) is 9.55. The lowest BCUT2D eigenvalue weighted by molar-refractivity contribution is 0.409. The summed E-state index contributed by atoms with van der Waals surface area (Å²) in [6.45, 7) is 6.92. The lowest BCUT2D eigenvalue weighted by Crippen LogP contribution is -2.20. The molecule has 0 spiro atoms. The molecule has 0 amide bonds. The van der Waals surface area contributed by atoms with Crippen LogP contribution in [0.3, 0.4) is 0 Å². The molecule has 0 N–H and O–H groups in total. The summed E-state index contributed by atoms with van der Waals surface area (Å²) in [6, 6.07) is 0. The van der Waals surface area contributed by atoms with E-state index >= 15 is 0 Å². The number of unbranched alkanes of at least 4 members (excludes halogenated alkanes) is 8. The van der Waals surface area contributed by atoms with Crippen LogP contribution in [0.2, 0.25) is 0 Å². The molecule has 0 aliphatic carbocycles. The minimum atomic E-state index is 0.566. The van der Waals surface area contributed by atoms with Gasteiger partial charge < -0.3 is 0 Å². The highest BCUT2D eigenvalue weighted by molar-refractivity contribution is 7.19. The van der Waals surface area contributed by atoms with Crippen LogP contribution in [-0.2, 0) is 0 Å². The molecule has 0 aromatic rings. The summed E-state index contributed by atoms with van der Waals surface area (Å²) in [7, 11) is 3.26. The standard InChI is InChI=1S/C18H39P/c1-4-7-10-11-14-17-18(19,15-12-8-5-2)16-13-9-6-3/h4-17,19H2,1-3H3. The van der Waals surface area contributed by atoms with Gasteiger partial charge in [0.1, 0.15) is 0 Å². The molecular formula is C18H39P. The van der Waals surface area contributed by atoms with Crippen LogP contribution >= 0.6 is 9.24 Å². The number of rotatable bonds is 14. The lowest BCUT2D eigenvalue weighted by atomic mass is 9.88. The van der Waals surface area contributed by atoms with E-state index in [1.165, 1.54) is 89.9 Å². The summed E-state index contributed by atoms with van der Waals surface area (Å²) < 4.78 is 0. The quantitative estimate of drug-likeness (QED) is 0.235. The minimum absolute atomic E-state index is 0.566. The minimum Gasteiger partial charge on any atom is -0.131 e. The van der Waals surface area contributed by atoms with Crippen molar-refractivity contribution in [2.75, 3.05) is 0 Å². The van der Waals surface area contributed by atoms with Gasteiger partial charge in [0.2, 0.25) is 0 Å². The zero-order valence-electron chi connectivity index (χ0n) is 14.0. The number of hydrogen-bond acceptors (Lipinski definition) is 0. The zero-order chi connectivity index (χ0) is 14.4. The predicted molar refractivity (Wildman–Crippen MR) is 94.1 cm³/mol. The van der Waals surface area contributed by atoms with Gasteiger partial charge in [-0.2, -0.15) is 0 Å². The Morgan fingerprint density at radius 1 is 0.526 bits per heavy atom. The van der Waals surface area contributed by atoms with E-state index in [4.69, 9.17) is 0 Å². The molecule has 0 radical (unpaired) electrons. The first-order chi connectivity index (χ1) is 9.18. The van der Waals surface area contributed by atoms with E-state index in [9.17, 15) is 0 Å². The van der Waals surface area contributed by atoms with E-state index in [0.717, 1.165) is 0 Å². The fourth-order valence-corrected chi connectivity index (χ4v) is 3.52. The summed E-state index contributed by atoms with van der Waals surface area (Å²) in [5, 5.41) is 0.566. The van der Waals surface area contributed by atoms with Gasteiger partial charge in [0.05, 0.1) is 0 Å². The van der Waals surface area contributed by atoms with Gasteiger partial charge in [0, 0.05) is 0 Å². The van der Waals surface area contributed by atoms with Crippen molar-refractivity contribution in [2.45, 2.75) is 116 Å². The lowest BCUT2D eigenvalue weighted by Gasteiger charge is -2.30. The molecule has 0 aromatic carbocycles. The summed E-state index contributed by atoms with van der Waals surface area (Å²) in [4.78, 5) is 0. The van der Waals surface area contributed by atoms with Gasteiger partial charge >= 0.3 is 0 Å². The molecule has 1 atom stereocenters. The highest BCUT2D eigenvalue weighted by atomic mass is 31.0. The van der Waals surface area contributed by atoms with Crippen LogP contribution in [0.15, 0.2) is 0 Å².